The maximum atomic E-state index is 12.5. The molecule has 5 rings (SSSR count). The van der Waals surface area contributed by atoms with Crippen LogP contribution in [-0.2, 0) is 4.74 Å². The van der Waals surface area contributed by atoms with Crippen molar-refractivity contribution in [2.45, 2.75) is 0 Å². The van der Waals surface area contributed by atoms with Crippen LogP contribution >= 0.6 is 0 Å². The van der Waals surface area contributed by atoms with E-state index in [-0.39, 0.29) is 5.91 Å². The number of methoxy groups -OCH3 is 1. The molecule has 2 N–H and O–H groups in total. The number of fused-ring (bicyclic) bond motifs is 1. The smallest absolute Gasteiger partial charge is 0.251 e. The fourth-order valence-electron chi connectivity index (χ4n) is 4.03. The maximum Gasteiger partial charge on any atom is 0.251 e. The minimum atomic E-state index is -0.0835. The molecule has 0 bridgehead atoms. The van der Waals surface area contributed by atoms with E-state index in [0.29, 0.717) is 18.1 Å². The van der Waals surface area contributed by atoms with Crippen LogP contribution in [0.15, 0.2) is 66.7 Å². The first kappa shape index (κ1) is 22.8. The van der Waals surface area contributed by atoms with Gasteiger partial charge in [0.15, 0.2) is 5.65 Å². The highest BCUT2D eigenvalue weighted by molar-refractivity contribution is 5.94. The fourth-order valence-corrected chi connectivity index (χ4v) is 4.03. The summed E-state index contributed by atoms with van der Waals surface area (Å²) in [7, 11) is 1.65. The predicted octanol–water partition coefficient (Wildman–Crippen LogP) is 3.21. The van der Waals surface area contributed by atoms with Gasteiger partial charge < -0.3 is 20.1 Å². The Labute approximate surface area is 203 Å². The Bertz CT molecular complexity index is 1280. The predicted molar refractivity (Wildman–Crippen MR) is 134 cm³/mol. The minimum absolute atomic E-state index is 0.0835. The van der Waals surface area contributed by atoms with E-state index in [1.807, 2.05) is 54.6 Å². The van der Waals surface area contributed by atoms with Crippen molar-refractivity contribution in [1.82, 2.24) is 24.8 Å². The molecule has 0 radical (unpaired) electrons. The average molecular weight is 473 g/mol. The quantitative estimate of drug-likeness (QED) is 0.407. The largest absolute Gasteiger partial charge is 0.497 e. The number of benzene rings is 2. The van der Waals surface area contributed by atoms with E-state index in [1.165, 1.54) is 0 Å². The van der Waals surface area contributed by atoms with Gasteiger partial charge in [0.2, 0.25) is 5.95 Å². The van der Waals surface area contributed by atoms with Crippen molar-refractivity contribution in [3.63, 3.8) is 0 Å². The van der Waals surface area contributed by atoms with Crippen molar-refractivity contribution in [3.05, 3.63) is 72.3 Å². The number of hydrogen-bond acceptors (Lipinski definition) is 7. The lowest BCUT2D eigenvalue weighted by Gasteiger charge is -2.26. The Morgan fingerprint density at radius 3 is 2.54 bits per heavy atom. The van der Waals surface area contributed by atoms with Crippen LogP contribution in [0.1, 0.15) is 10.4 Å². The van der Waals surface area contributed by atoms with Crippen molar-refractivity contribution < 1.29 is 14.3 Å². The molecule has 1 amide bonds. The monoisotopic (exact) mass is 472 g/mol. The number of rotatable bonds is 8. The standard InChI is InChI=1S/C26H28N6O3/c1-34-22-11-7-19(8-12-22)23-3-2-4-24-29-26(30-32(23)24)28-21-9-5-20(6-10-21)25(33)27-13-14-31-15-17-35-18-16-31/h2-12H,13-18H2,1H3,(H,27,33)(H,28,30). The molecule has 1 saturated heterocycles. The van der Waals surface area contributed by atoms with E-state index >= 15 is 0 Å². The number of carbonyl (C=O) groups excluding carboxylic acids is 1. The number of pyridine rings is 1. The maximum absolute atomic E-state index is 12.5. The fraction of sp³-hybridized carbons (Fsp3) is 0.269. The van der Waals surface area contributed by atoms with Gasteiger partial charge in [-0.1, -0.05) is 6.07 Å². The highest BCUT2D eigenvalue weighted by Gasteiger charge is 2.12. The second kappa shape index (κ2) is 10.5. The number of ether oxygens (including phenoxy) is 2. The summed E-state index contributed by atoms with van der Waals surface area (Å²) in [6.45, 7) is 4.77. The molecule has 1 aliphatic heterocycles. The summed E-state index contributed by atoms with van der Waals surface area (Å²) in [6, 6.07) is 21.0. The highest BCUT2D eigenvalue weighted by atomic mass is 16.5. The second-order valence-corrected chi connectivity index (χ2v) is 8.26. The summed E-state index contributed by atoms with van der Waals surface area (Å²) in [5, 5.41) is 10.9. The summed E-state index contributed by atoms with van der Waals surface area (Å²) in [4.78, 5) is 19.4. The number of hydrogen-bond donors (Lipinski definition) is 2. The molecule has 35 heavy (non-hydrogen) atoms. The van der Waals surface area contributed by atoms with Crippen LogP contribution in [-0.4, -0.2) is 71.9 Å². The molecule has 0 atom stereocenters. The molecule has 1 fully saturated rings. The molecule has 2 aromatic carbocycles. The van der Waals surface area contributed by atoms with Gasteiger partial charge in [-0.2, -0.15) is 4.98 Å². The summed E-state index contributed by atoms with van der Waals surface area (Å²) in [6.07, 6.45) is 0. The topological polar surface area (TPSA) is 93.0 Å². The third-order valence-electron chi connectivity index (χ3n) is 5.97. The SMILES string of the molecule is COc1ccc(-c2cccc3nc(Nc4ccc(C(=O)NCCN5CCOCC5)cc4)nn23)cc1. The Morgan fingerprint density at radius 1 is 1.03 bits per heavy atom. The molecule has 1 aliphatic rings. The van der Waals surface area contributed by atoms with Gasteiger partial charge in [-0.25, -0.2) is 4.52 Å². The molecular formula is C26H28N6O3. The van der Waals surface area contributed by atoms with E-state index in [9.17, 15) is 4.79 Å². The highest BCUT2D eigenvalue weighted by Crippen LogP contribution is 2.24. The van der Waals surface area contributed by atoms with Crippen molar-refractivity contribution in [2.75, 3.05) is 51.8 Å². The van der Waals surface area contributed by atoms with Gasteiger partial charge in [0, 0.05) is 43.0 Å². The van der Waals surface area contributed by atoms with Gasteiger partial charge in [0.25, 0.3) is 5.91 Å². The number of anilines is 2. The lowest BCUT2D eigenvalue weighted by atomic mass is 10.1. The molecule has 0 aliphatic carbocycles. The van der Waals surface area contributed by atoms with Crippen molar-refractivity contribution in [3.8, 4) is 17.0 Å². The lowest BCUT2D eigenvalue weighted by molar-refractivity contribution is 0.0383. The lowest BCUT2D eigenvalue weighted by Crippen LogP contribution is -2.41. The van der Waals surface area contributed by atoms with Gasteiger partial charge >= 0.3 is 0 Å². The zero-order valence-electron chi connectivity index (χ0n) is 19.6. The molecule has 4 aromatic rings. The Hall–Kier alpha value is -3.95. The Morgan fingerprint density at radius 2 is 1.80 bits per heavy atom. The minimum Gasteiger partial charge on any atom is -0.497 e. The molecule has 2 aromatic heterocycles. The van der Waals surface area contributed by atoms with E-state index < -0.39 is 0 Å². The van der Waals surface area contributed by atoms with Gasteiger partial charge in [-0.05, 0) is 60.7 Å². The first-order valence-corrected chi connectivity index (χ1v) is 11.7. The van der Waals surface area contributed by atoms with Crippen LogP contribution in [0, 0.1) is 0 Å². The van der Waals surface area contributed by atoms with Crippen LogP contribution in [0.25, 0.3) is 16.9 Å². The molecule has 3 heterocycles. The van der Waals surface area contributed by atoms with Gasteiger partial charge in [0.05, 0.1) is 26.0 Å². The van der Waals surface area contributed by atoms with Crippen molar-refractivity contribution >= 4 is 23.2 Å². The Kier molecular flexibility index (Phi) is 6.87. The molecule has 9 heteroatoms. The Balaban J connectivity index is 1.23. The van der Waals surface area contributed by atoms with Crippen LogP contribution in [0.2, 0.25) is 0 Å². The number of carbonyl (C=O) groups is 1. The van der Waals surface area contributed by atoms with E-state index in [2.05, 4.69) is 25.6 Å². The molecule has 180 valence electrons. The molecule has 0 spiro atoms. The summed E-state index contributed by atoms with van der Waals surface area (Å²) >= 11 is 0. The summed E-state index contributed by atoms with van der Waals surface area (Å²) < 4.78 is 12.4. The van der Waals surface area contributed by atoms with Crippen LogP contribution in [0.3, 0.4) is 0 Å². The average Bonchev–Trinajstić information content (AvgIpc) is 3.32. The molecule has 0 saturated carbocycles. The first-order valence-electron chi connectivity index (χ1n) is 11.7. The van der Waals surface area contributed by atoms with Crippen molar-refractivity contribution in [2.24, 2.45) is 0 Å². The van der Waals surface area contributed by atoms with Gasteiger partial charge in [-0.3, -0.25) is 9.69 Å². The number of nitrogens with zero attached hydrogens (tertiary/aromatic N) is 4. The number of nitrogens with one attached hydrogen (secondary N) is 2. The summed E-state index contributed by atoms with van der Waals surface area (Å²) in [5.74, 6) is 1.20. The number of aromatic nitrogens is 3. The van der Waals surface area contributed by atoms with Crippen LogP contribution < -0.4 is 15.4 Å². The number of amides is 1. The summed E-state index contributed by atoms with van der Waals surface area (Å²) in [5.41, 5.74) is 4.09. The van der Waals surface area contributed by atoms with Crippen molar-refractivity contribution in [1.29, 1.82) is 0 Å². The van der Waals surface area contributed by atoms with E-state index in [1.54, 1.807) is 23.8 Å². The zero-order chi connectivity index (χ0) is 24.0. The van der Waals surface area contributed by atoms with Crippen LogP contribution in [0.5, 0.6) is 5.75 Å². The van der Waals surface area contributed by atoms with E-state index in [4.69, 9.17) is 9.47 Å². The normalized spacial score (nSPS) is 14.1. The van der Waals surface area contributed by atoms with E-state index in [0.717, 1.165) is 61.2 Å². The van der Waals surface area contributed by atoms with Crippen LogP contribution in [0.4, 0.5) is 11.6 Å². The van der Waals surface area contributed by atoms with Gasteiger partial charge in [-0.15, -0.1) is 5.10 Å². The number of morpholine rings is 1. The third kappa shape index (κ3) is 5.42. The zero-order valence-corrected chi connectivity index (χ0v) is 19.6. The first-order chi connectivity index (χ1) is 17.2. The molecule has 0 unspecified atom stereocenters. The third-order valence-corrected chi connectivity index (χ3v) is 5.97. The second-order valence-electron chi connectivity index (χ2n) is 8.26. The van der Waals surface area contributed by atoms with Gasteiger partial charge in [0.1, 0.15) is 5.75 Å². The molecular weight excluding hydrogens is 444 g/mol. The molecule has 9 nitrogen and oxygen atoms in total.